The second-order valence-electron chi connectivity index (χ2n) is 6.02. The number of hydrogen-bond acceptors (Lipinski definition) is 3. The predicted molar refractivity (Wildman–Crippen MR) is 99.3 cm³/mol. The summed E-state index contributed by atoms with van der Waals surface area (Å²) in [5.41, 5.74) is 2.60. The average Bonchev–Trinajstić information content (AvgIpc) is 2.57. The van der Waals surface area contributed by atoms with E-state index in [1.165, 1.54) is 17.4 Å². The second kappa shape index (κ2) is 9.57. The lowest BCUT2D eigenvalue weighted by Gasteiger charge is -2.22. The first-order valence-corrected chi connectivity index (χ1v) is 10.2. The van der Waals surface area contributed by atoms with E-state index in [9.17, 15) is 8.42 Å². The Labute approximate surface area is 145 Å². The molecule has 0 saturated carbocycles. The molecule has 2 aromatic carbocycles. The van der Waals surface area contributed by atoms with Crippen molar-refractivity contribution in [2.24, 2.45) is 0 Å². The molecule has 2 aromatic rings. The van der Waals surface area contributed by atoms with Gasteiger partial charge in [-0.15, -0.1) is 0 Å². The molecular formula is C19H26N2O2S. The van der Waals surface area contributed by atoms with Gasteiger partial charge >= 0.3 is 0 Å². The zero-order valence-electron chi connectivity index (χ0n) is 14.2. The molecule has 0 fully saturated rings. The first kappa shape index (κ1) is 18.6. The highest BCUT2D eigenvalue weighted by Crippen LogP contribution is 2.08. The molecule has 0 bridgehead atoms. The maximum Gasteiger partial charge on any atom is 0.208 e. The van der Waals surface area contributed by atoms with E-state index in [4.69, 9.17) is 0 Å². The molecule has 0 unspecified atom stereocenters. The highest BCUT2D eigenvalue weighted by Gasteiger charge is 2.07. The predicted octanol–water partition coefficient (Wildman–Crippen LogP) is 2.67. The molecule has 0 saturated heterocycles. The lowest BCUT2D eigenvalue weighted by molar-refractivity contribution is 0.266. The standard InChI is InChI=1S/C19H26N2O2S/c1-24(22,23)20-14-8-15-21(17-19-11-6-3-7-12-19)16-13-18-9-4-2-5-10-18/h2-7,9-12,20H,8,13-17H2,1H3. The molecule has 0 amide bonds. The monoisotopic (exact) mass is 346 g/mol. The van der Waals surface area contributed by atoms with Crippen LogP contribution in [0.1, 0.15) is 17.5 Å². The lowest BCUT2D eigenvalue weighted by atomic mass is 10.1. The van der Waals surface area contributed by atoms with E-state index >= 15 is 0 Å². The molecule has 0 atom stereocenters. The van der Waals surface area contributed by atoms with Gasteiger partial charge in [-0.1, -0.05) is 60.7 Å². The molecular weight excluding hydrogens is 320 g/mol. The van der Waals surface area contributed by atoms with E-state index in [0.717, 1.165) is 32.5 Å². The largest absolute Gasteiger partial charge is 0.299 e. The summed E-state index contributed by atoms with van der Waals surface area (Å²) >= 11 is 0. The van der Waals surface area contributed by atoms with Crippen LogP contribution in [0.5, 0.6) is 0 Å². The molecule has 1 N–H and O–H groups in total. The van der Waals surface area contributed by atoms with Crippen molar-refractivity contribution in [3.05, 3.63) is 71.8 Å². The molecule has 0 aliphatic heterocycles. The van der Waals surface area contributed by atoms with Crippen molar-refractivity contribution >= 4 is 10.0 Å². The van der Waals surface area contributed by atoms with Crippen molar-refractivity contribution in [1.29, 1.82) is 0 Å². The molecule has 0 aromatic heterocycles. The number of rotatable bonds is 10. The second-order valence-corrected chi connectivity index (χ2v) is 7.85. The van der Waals surface area contributed by atoms with Gasteiger partial charge < -0.3 is 0 Å². The van der Waals surface area contributed by atoms with Crippen LogP contribution in [-0.2, 0) is 23.0 Å². The smallest absolute Gasteiger partial charge is 0.208 e. The van der Waals surface area contributed by atoms with Crippen molar-refractivity contribution in [2.45, 2.75) is 19.4 Å². The molecule has 5 heteroatoms. The zero-order chi connectivity index (χ0) is 17.3. The van der Waals surface area contributed by atoms with Crippen LogP contribution in [-0.4, -0.2) is 39.2 Å². The van der Waals surface area contributed by atoms with Crippen molar-refractivity contribution in [3.63, 3.8) is 0 Å². The van der Waals surface area contributed by atoms with Gasteiger partial charge in [0, 0.05) is 19.6 Å². The fourth-order valence-corrected chi connectivity index (χ4v) is 3.12. The average molecular weight is 346 g/mol. The Bertz CT molecular complexity index is 688. The van der Waals surface area contributed by atoms with Gasteiger partial charge in [0.15, 0.2) is 0 Å². The van der Waals surface area contributed by atoms with E-state index in [1.807, 2.05) is 12.1 Å². The number of hydrogen-bond donors (Lipinski definition) is 1. The summed E-state index contributed by atoms with van der Waals surface area (Å²) in [4.78, 5) is 2.38. The van der Waals surface area contributed by atoms with Gasteiger partial charge in [-0.05, 0) is 30.5 Å². The first-order valence-electron chi connectivity index (χ1n) is 8.28. The van der Waals surface area contributed by atoms with Gasteiger partial charge in [0.2, 0.25) is 10.0 Å². The fourth-order valence-electron chi connectivity index (χ4n) is 2.60. The first-order chi connectivity index (χ1) is 11.5. The van der Waals surface area contributed by atoms with Crippen molar-refractivity contribution in [1.82, 2.24) is 9.62 Å². The summed E-state index contributed by atoms with van der Waals surface area (Å²) in [5.74, 6) is 0. The van der Waals surface area contributed by atoms with E-state index in [-0.39, 0.29) is 0 Å². The molecule has 0 spiro atoms. The van der Waals surface area contributed by atoms with Crippen LogP contribution in [0.3, 0.4) is 0 Å². The number of nitrogens with zero attached hydrogens (tertiary/aromatic N) is 1. The normalized spacial score (nSPS) is 11.8. The third-order valence-corrected chi connectivity index (χ3v) is 4.55. The molecule has 2 rings (SSSR count). The maximum absolute atomic E-state index is 11.2. The van der Waals surface area contributed by atoms with E-state index in [0.29, 0.717) is 6.54 Å². The van der Waals surface area contributed by atoms with Crippen molar-refractivity contribution in [3.8, 4) is 0 Å². The van der Waals surface area contributed by atoms with Gasteiger partial charge in [-0.2, -0.15) is 0 Å². The Morgan fingerprint density at radius 2 is 1.46 bits per heavy atom. The highest BCUT2D eigenvalue weighted by atomic mass is 32.2. The van der Waals surface area contributed by atoms with Crippen LogP contribution in [0.15, 0.2) is 60.7 Å². The highest BCUT2D eigenvalue weighted by molar-refractivity contribution is 7.88. The fraction of sp³-hybridized carbons (Fsp3) is 0.368. The summed E-state index contributed by atoms with van der Waals surface area (Å²) in [5, 5.41) is 0. The van der Waals surface area contributed by atoms with E-state index < -0.39 is 10.0 Å². The third kappa shape index (κ3) is 7.73. The summed E-state index contributed by atoms with van der Waals surface area (Å²) < 4.78 is 24.9. The summed E-state index contributed by atoms with van der Waals surface area (Å²) in [7, 11) is -3.10. The number of nitrogens with one attached hydrogen (secondary N) is 1. The molecule has 0 radical (unpaired) electrons. The Morgan fingerprint density at radius 1 is 0.875 bits per heavy atom. The quantitative estimate of drug-likeness (QED) is 0.673. The molecule has 0 heterocycles. The van der Waals surface area contributed by atoms with Gasteiger partial charge in [0.05, 0.1) is 6.26 Å². The molecule has 24 heavy (non-hydrogen) atoms. The molecule has 4 nitrogen and oxygen atoms in total. The zero-order valence-corrected chi connectivity index (χ0v) is 15.0. The number of benzene rings is 2. The van der Waals surface area contributed by atoms with Crippen LogP contribution in [0.2, 0.25) is 0 Å². The van der Waals surface area contributed by atoms with Gasteiger partial charge in [0.1, 0.15) is 0 Å². The van der Waals surface area contributed by atoms with Crippen molar-refractivity contribution in [2.75, 3.05) is 25.9 Å². The lowest BCUT2D eigenvalue weighted by Crippen LogP contribution is -2.30. The van der Waals surface area contributed by atoms with Crippen LogP contribution < -0.4 is 4.72 Å². The van der Waals surface area contributed by atoms with Crippen LogP contribution in [0, 0.1) is 0 Å². The Kier molecular flexibility index (Phi) is 7.43. The topological polar surface area (TPSA) is 49.4 Å². The van der Waals surface area contributed by atoms with Crippen molar-refractivity contribution < 1.29 is 8.42 Å². The molecule has 0 aliphatic rings. The molecule has 0 aliphatic carbocycles. The third-order valence-electron chi connectivity index (χ3n) is 3.82. The van der Waals surface area contributed by atoms with Crippen LogP contribution >= 0.6 is 0 Å². The number of sulfonamides is 1. The van der Waals surface area contributed by atoms with Gasteiger partial charge in [-0.3, -0.25) is 4.90 Å². The van der Waals surface area contributed by atoms with Crippen LogP contribution in [0.25, 0.3) is 0 Å². The minimum atomic E-state index is -3.10. The van der Waals surface area contributed by atoms with Gasteiger partial charge in [-0.25, -0.2) is 13.1 Å². The molecule has 130 valence electrons. The summed E-state index contributed by atoms with van der Waals surface area (Å²) in [6.07, 6.45) is 2.99. The SMILES string of the molecule is CS(=O)(=O)NCCCN(CCc1ccccc1)Cc1ccccc1. The van der Waals surface area contributed by atoms with E-state index in [1.54, 1.807) is 0 Å². The minimum Gasteiger partial charge on any atom is -0.299 e. The Balaban J connectivity index is 1.88. The Hall–Kier alpha value is -1.69. The summed E-state index contributed by atoms with van der Waals surface area (Å²) in [6, 6.07) is 20.8. The van der Waals surface area contributed by atoms with Gasteiger partial charge in [0.25, 0.3) is 0 Å². The Morgan fingerprint density at radius 3 is 2.04 bits per heavy atom. The summed E-state index contributed by atoms with van der Waals surface area (Å²) in [6.45, 7) is 3.18. The minimum absolute atomic E-state index is 0.482. The maximum atomic E-state index is 11.2. The van der Waals surface area contributed by atoms with Crippen LogP contribution in [0.4, 0.5) is 0 Å². The van der Waals surface area contributed by atoms with E-state index in [2.05, 4.69) is 58.2 Å².